The van der Waals surface area contributed by atoms with E-state index in [0.717, 1.165) is 0 Å². The van der Waals surface area contributed by atoms with Crippen molar-refractivity contribution in [3.05, 3.63) is 71.3 Å². The molecule has 0 unspecified atom stereocenters. The second kappa shape index (κ2) is 5.49. The molecule has 0 N–H and O–H groups in total. The van der Waals surface area contributed by atoms with Crippen LogP contribution in [0.3, 0.4) is 0 Å². The Morgan fingerprint density at radius 1 is 1.00 bits per heavy atom. The van der Waals surface area contributed by atoms with Gasteiger partial charge >= 0.3 is 5.97 Å². The van der Waals surface area contributed by atoms with Crippen LogP contribution in [0.25, 0.3) is 0 Å². The summed E-state index contributed by atoms with van der Waals surface area (Å²) in [6, 6.07) is 18.5. The molecular formula is C18H18O2. The van der Waals surface area contributed by atoms with Crippen LogP contribution in [-0.2, 0) is 4.74 Å². The number of carbonyl (C=O) groups is 1. The predicted octanol–water partition coefficient (Wildman–Crippen LogP) is 4.13. The largest absolute Gasteiger partial charge is 0.462 e. The van der Waals surface area contributed by atoms with E-state index in [2.05, 4.69) is 42.5 Å². The van der Waals surface area contributed by atoms with Crippen LogP contribution in [0.4, 0.5) is 0 Å². The fourth-order valence-electron chi connectivity index (χ4n) is 2.71. The van der Waals surface area contributed by atoms with E-state index < -0.39 is 0 Å². The molecule has 0 aliphatic heterocycles. The minimum Gasteiger partial charge on any atom is -0.462 e. The summed E-state index contributed by atoms with van der Waals surface area (Å²) in [7, 11) is 0. The van der Waals surface area contributed by atoms with Gasteiger partial charge in [0.1, 0.15) is 0 Å². The SMILES string of the molecule is CCOC(=O)c1ccc([C@@H]2C[C@@H]2c2ccccc2)cc1. The van der Waals surface area contributed by atoms with Gasteiger partial charge in [-0.1, -0.05) is 42.5 Å². The summed E-state index contributed by atoms with van der Waals surface area (Å²) in [5, 5.41) is 0. The lowest BCUT2D eigenvalue weighted by Crippen LogP contribution is -2.04. The molecule has 2 nitrogen and oxygen atoms in total. The first-order valence-electron chi connectivity index (χ1n) is 7.11. The van der Waals surface area contributed by atoms with Crippen LogP contribution in [0.5, 0.6) is 0 Å². The van der Waals surface area contributed by atoms with Crippen molar-refractivity contribution in [2.75, 3.05) is 6.61 Å². The van der Waals surface area contributed by atoms with Crippen LogP contribution >= 0.6 is 0 Å². The number of carbonyl (C=O) groups excluding carboxylic acids is 1. The van der Waals surface area contributed by atoms with Gasteiger partial charge in [-0.2, -0.15) is 0 Å². The summed E-state index contributed by atoms with van der Waals surface area (Å²) in [5.41, 5.74) is 3.35. The van der Waals surface area contributed by atoms with Gasteiger partial charge in [-0.25, -0.2) is 4.79 Å². The number of rotatable bonds is 4. The Hall–Kier alpha value is -2.09. The van der Waals surface area contributed by atoms with Gasteiger partial charge in [0.15, 0.2) is 0 Å². The van der Waals surface area contributed by atoms with E-state index in [9.17, 15) is 4.79 Å². The number of hydrogen-bond donors (Lipinski definition) is 0. The third-order valence-corrected chi connectivity index (χ3v) is 3.87. The number of esters is 1. The molecule has 1 aliphatic rings. The molecule has 0 bridgehead atoms. The summed E-state index contributed by atoms with van der Waals surface area (Å²) in [5.74, 6) is 0.979. The van der Waals surface area contributed by atoms with Crippen LogP contribution < -0.4 is 0 Å². The fraction of sp³-hybridized carbons (Fsp3) is 0.278. The van der Waals surface area contributed by atoms with E-state index in [1.165, 1.54) is 17.5 Å². The highest BCUT2D eigenvalue weighted by atomic mass is 16.5. The van der Waals surface area contributed by atoms with Crippen LogP contribution in [0, 0.1) is 0 Å². The smallest absolute Gasteiger partial charge is 0.338 e. The molecule has 1 aliphatic carbocycles. The normalized spacial score (nSPS) is 20.4. The lowest BCUT2D eigenvalue weighted by molar-refractivity contribution is 0.0526. The molecule has 2 aromatic rings. The quantitative estimate of drug-likeness (QED) is 0.778. The third-order valence-electron chi connectivity index (χ3n) is 3.87. The van der Waals surface area contributed by atoms with Crippen molar-refractivity contribution in [3.63, 3.8) is 0 Å². The highest BCUT2D eigenvalue weighted by molar-refractivity contribution is 5.89. The molecule has 0 spiro atoms. The molecule has 0 amide bonds. The molecule has 2 aromatic carbocycles. The van der Waals surface area contributed by atoms with E-state index in [1.54, 1.807) is 0 Å². The van der Waals surface area contributed by atoms with Crippen molar-refractivity contribution in [2.24, 2.45) is 0 Å². The van der Waals surface area contributed by atoms with Gasteiger partial charge in [0.25, 0.3) is 0 Å². The van der Waals surface area contributed by atoms with Gasteiger partial charge in [-0.15, -0.1) is 0 Å². The predicted molar refractivity (Wildman–Crippen MR) is 78.9 cm³/mol. The molecule has 2 heteroatoms. The molecule has 1 saturated carbocycles. The zero-order valence-electron chi connectivity index (χ0n) is 11.6. The first-order chi connectivity index (χ1) is 9.79. The maximum absolute atomic E-state index is 11.6. The summed E-state index contributed by atoms with van der Waals surface area (Å²) in [4.78, 5) is 11.6. The Bertz CT molecular complexity index is 587. The first-order valence-corrected chi connectivity index (χ1v) is 7.11. The summed E-state index contributed by atoms with van der Waals surface area (Å²) >= 11 is 0. The Balaban J connectivity index is 1.70. The van der Waals surface area contributed by atoms with E-state index in [-0.39, 0.29) is 5.97 Å². The Kier molecular flexibility index (Phi) is 3.55. The summed E-state index contributed by atoms with van der Waals surface area (Å²) in [6.07, 6.45) is 1.20. The van der Waals surface area contributed by atoms with Gasteiger partial charge in [-0.05, 0) is 48.4 Å². The minimum atomic E-state index is -0.241. The molecule has 1 fully saturated rings. The van der Waals surface area contributed by atoms with Gasteiger partial charge in [0.2, 0.25) is 0 Å². The van der Waals surface area contributed by atoms with Gasteiger partial charge < -0.3 is 4.74 Å². The lowest BCUT2D eigenvalue weighted by Gasteiger charge is -2.04. The van der Waals surface area contributed by atoms with Crippen molar-refractivity contribution in [3.8, 4) is 0 Å². The topological polar surface area (TPSA) is 26.3 Å². The van der Waals surface area contributed by atoms with Gasteiger partial charge in [-0.3, -0.25) is 0 Å². The average molecular weight is 266 g/mol. The highest BCUT2D eigenvalue weighted by Gasteiger charge is 2.39. The van der Waals surface area contributed by atoms with E-state index in [4.69, 9.17) is 4.74 Å². The second-order valence-electron chi connectivity index (χ2n) is 5.20. The van der Waals surface area contributed by atoms with Gasteiger partial charge in [0, 0.05) is 0 Å². The van der Waals surface area contributed by atoms with E-state index in [0.29, 0.717) is 24.0 Å². The van der Waals surface area contributed by atoms with Crippen molar-refractivity contribution >= 4 is 5.97 Å². The molecule has 0 radical (unpaired) electrons. The standard InChI is InChI=1S/C18H18O2/c1-2-20-18(19)15-10-8-14(9-11-15)17-12-16(17)13-6-4-3-5-7-13/h3-11,16-17H,2,12H2,1H3/t16-,17+/m1/s1. The minimum absolute atomic E-state index is 0.241. The van der Waals surface area contributed by atoms with Crippen molar-refractivity contribution < 1.29 is 9.53 Å². The van der Waals surface area contributed by atoms with Gasteiger partial charge in [0.05, 0.1) is 12.2 Å². The van der Waals surface area contributed by atoms with Crippen molar-refractivity contribution in [1.82, 2.24) is 0 Å². The Morgan fingerprint density at radius 3 is 2.20 bits per heavy atom. The zero-order valence-corrected chi connectivity index (χ0v) is 11.6. The second-order valence-corrected chi connectivity index (χ2v) is 5.20. The van der Waals surface area contributed by atoms with Crippen LogP contribution in [0.2, 0.25) is 0 Å². The molecular weight excluding hydrogens is 248 g/mol. The molecule has 0 saturated heterocycles. The Labute approximate surface area is 119 Å². The molecule has 0 aromatic heterocycles. The molecule has 0 heterocycles. The lowest BCUT2D eigenvalue weighted by atomic mass is 10.0. The highest BCUT2D eigenvalue weighted by Crippen LogP contribution is 2.54. The molecule has 102 valence electrons. The number of benzene rings is 2. The monoisotopic (exact) mass is 266 g/mol. The zero-order chi connectivity index (χ0) is 13.9. The molecule has 3 rings (SSSR count). The molecule has 20 heavy (non-hydrogen) atoms. The van der Waals surface area contributed by atoms with Crippen LogP contribution in [0.1, 0.15) is 46.7 Å². The van der Waals surface area contributed by atoms with E-state index >= 15 is 0 Å². The van der Waals surface area contributed by atoms with E-state index in [1.807, 2.05) is 19.1 Å². The Morgan fingerprint density at radius 2 is 1.60 bits per heavy atom. The first kappa shape index (κ1) is 12.9. The van der Waals surface area contributed by atoms with Crippen molar-refractivity contribution in [1.29, 1.82) is 0 Å². The number of ether oxygens (including phenoxy) is 1. The average Bonchev–Trinajstić information content (AvgIpc) is 3.29. The maximum atomic E-state index is 11.6. The maximum Gasteiger partial charge on any atom is 0.338 e. The number of hydrogen-bond acceptors (Lipinski definition) is 2. The summed E-state index contributed by atoms with van der Waals surface area (Å²) in [6.45, 7) is 2.24. The fourth-order valence-corrected chi connectivity index (χ4v) is 2.71. The third kappa shape index (κ3) is 2.60. The molecule has 2 atom stereocenters. The van der Waals surface area contributed by atoms with Crippen molar-refractivity contribution in [2.45, 2.75) is 25.2 Å². The summed E-state index contributed by atoms with van der Waals surface area (Å²) < 4.78 is 5.00. The van der Waals surface area contributed by atoms with Crippen LogP contribution in [0.15, 0.2) is 54.6 Å². The van der Waals surface area contributed by atoms with Crippen LogP contribution in [-0.4, -0.2) is 12.6 Å².